The van der Waals surface area contributed by atoms with Crippen molar-refractivity contribution in [3.05, 3.63) is 45.2 Å². The van der Waals surface area contributed by atoms with Crippen LogP contribution in [0.15, 0.2) is 45.1 Å². The third kappa shape index (κ3) is 3.33. The molecule has 0 aliphatic carbocycles. The zero-order valence-corrected chi connectivity index (χ0v) is 15.4. The van der Waals surface area contributed by atoms with Crippen molar-refractivity contribution in [3.63, 3.8) is 0 Å². The maximum Gasteiger partial charge on any atom is 0.273 e. The standard InChI is InChI=1S/C12H7BrClN3O2S3/c13-8-6-9(20-10(8)14)22(18,19)17-12-16-15-11(21-12)7-4-2-1-3-5-7/h1-6H,(H,16,17). The zero-order chi connectivity index (χ0) is 15.7. The van der Waals surface area contributed by atoms with Crippen molar-refractivity contribution in [3.8, 4) is 10.6 Å². The first-order valence-corrected chi connectivity index (χ1v) is 10.1. The molecule has 114 valence electrons. The molecule has 22 heavy (non-hydrogen) atoms. The molecule has 0 spiro atoms. The fourth-order valence-electron chi connectivity index (χ4n) is 1.59. The van der Waals surface area contributed by atoms with Crippen molar-refractivity contribution in [2.24, 2.45) is 0 Å². The van der Waals surface area contributed by atoms with E-state index in [2.05, 4.69) is 30.8 Å². The summed E-state index contributed by atoms with van der Waals surface area (Å²) in [5.41, 5.74) is 0.882. The first-order valence-electron chi connectivity index (χ1n) is 5.82. The monoisotopic (exact) mass is 435 g/mol. The van der Waals surface area contributed by atoms with Crippen LogP contribution in [0.2, 0.25) is 4.34 Å². The van der Waals surface area contributed by atoms with Crippen molar-refractivity contribution in [1.82, 2.24) is 10.2 Å². The SMILES string of the molecule is O=S(=O)(Nc1nnc(-c2ccccc2)s1)c1cc(Br)c(Cl)s1. The Labute approximate surface area is 148 Å². The van der Waals surface area contributed by atoms with Crippen molar-refractivity contribution >= 4 is 65.4 Å². The molecule has 0 bridgehead atoms. The van der Waals surface area contributed by atoms with Gasteiger partial charge in [-0.25, -0.2) is 8.42 Å². The van der Waals surface area contributed by atoms with Gasteiger partial charge in [0.25, 0.3) is 10.0 Å². The molecule has 0 saturated heterocycles. The van der Waals surface area contributed by atoms with Crippen LogP contribution in [-0.4, -0.2) is 18.6 Å². The van der Waals surface area contributed by atoms with Gasteiger partial charge in [-0.1, -0.05) is 53.3 Å². The fourth-order valence-corrected chi connectivity index (χ4v) is 5.87. The number of nitrogens with zero attached hydrogens (tertiary/aromatic N) is 2. The minimum absolute atomic E-state index is 0.112. The third-order valence-corrected chi connectivity index (χ3v) is 7.86. The Bertz CT molecular complexity index is 889. The minimum Gasteiger partial charge on any atom is -0.252 e. The van der Waals surface area contributed by atoms with E-state index in [1.807, 2.05) is 30.3 Å². The first-order chi connectivity index (χ1) is 10.5. The van der Waals surface area contributed by atoms with E-state index in [1.54, 1.807) is 0 Å². The highest BCUT2D eigenvalue weighted by Gasteiger charge is 2.21. The molecule has 2 aromatic heterocycles. The molecule has 0 saturated carbocycles. The van der Waals surface area contributed by atoms with Crippen molar-refractivity contribution in [2.45, 2.75) is 4.21 Å². The maximum absolute atomic E-state index is 12.3. The average Bonchev–Trinajstić information content (AvgIpc) is 3.08. The van der Waals surface area contributed by atoms with E-state index < -0.39 is 10.0 Å². The van der Waals surface area contributed by atoms with Crippen LogP contribution in [-0.2, 0) is 10.0 Å². The highest BCUT2D eigenvalue weighted by atomic mass is 79.9. The molecule has 1 aromatic carbocycles. The number of anilines is 1. The second-order valence-corrected chi connectivity index (χ2v) is 9.47. The Morgan fingerprint density at radius 2 is 1.86 bits per heavy atom. The van der Waals surface area contributed by atoms with Crippen LogP contribution in [0.1, 0.15) is 0 Å². The molecule has 0 radical (unpaired) electrons. The van der Waals surface area contributed by atoms with Gasteiger partial charge in [-0.15, -0.1) is 21.5 Å². The van der Waals surface area contributed by atoms with Crippen LogP contribution >= 0.6 is 50.2 Å². The Hall–Kier alpha value is -1.000. The summed E-state index contributed by atoms with van der Waals surface area (Å²) in [6.07, 6.45) is 0. The molecular weight excluding hydrogens is 430 g/mol. The molecule has 0 aliphatic heterocycles. The van der Waals surface area contributed by atoms with E-state index in [1.165, 1.54) is 17.4 Å². The molecule has 0 aliphatic rings. The number of rotatable bonds is 4. The van der Waals surface area contributed by atoms with Gasteiger partial charge in [0.1, 0.15) is 13.6 Å². The number of nitrogens with one attached hydrogen (secondary N) is 1. The second-order valence-electron chi connectivity index (χ2n) is 4.07. The normalized spacial score (nSPS) is 11.5. The van der Waals surface area contributed by atoms with E-state index in [-0.39, 0.29) is 9.34 Å². The summed E-state index contributed by atoms with van der Waals surface area (Å²) in [6.45, 7) is 0. The van der Waals surface area contributed by atoms with Crippen molar-refractivity contribution in [1.29, 1.82) is 0 Å². The largest absolute Gasteiger partial charge is 0.273 e. The first kappa shape index (κ1) is 15.9. The molecule has 0 unspecified atom stereocenters. The number of thiophene rings is 1. The van der Waals surface area contributed by atoms with Crippen LogP contribution in [0.25, 0.3) is 10.6 Å². The molecule has 0 fully saturated rings. The van der Waals surface area contributed by atoms with Crippen LogP contribution in [0.3, 0.4) is 0 Å². The molecule has 10 heteroatoms. The number of halogens is 2. The van der Waals surface area contributed by atoms with Gasteiger partial charge in [0.05, 0.1) is 0 Å². The molecule has 1 N–H and O–H groups in total. The van der Waals surface area contributed by atoms with Crippen LogP contribution < -0.4 is 4.72 Å². The lowest BCUT2D eigenvalue weighted by atomic mass is 10.2. The summed E-state index contributed by atoms with van der Waals surface area (Å²) in [4.78, 5) is 0. The van der Waals surface area contributed by atoms with Gasteiger partial charge in [-0.3, -0.25) is 4.72 Å². The molecule has 0 atom stereocenters. The molecule has 2 heterocycles. The minimum atomic E-state index is -3.72. The van der Waals surface area contributed by atoms with Gasteiger partial charge >= 0.3 is 0 Å². The summed E-state index contributed by atoms with van der Waals surface area (Å²) in [7, 11) is -3.72. The number of hydrogen-bond donors (Lipinski definition) is 1. The number of benzene rings is 1. The van der Waals surface area contributed by atoms with Crippen LogP contribution in [0.4, 0.5) is 5.13 Å². The lowest BCUT2D eigenvalue weighted by Gasteiger charge is -2.00. The molecule has 5 nitrogen and oxygen atoms in total. The predicted octanol–water partition coefficient (Wildman–Crippen LogP) is 4.48. The third-order valence-electron chi connectivity index (χ3n) is 2.55. The van der Waals surface area contributed by atoms with Crippen LogP contribution in [0.5, 0.6) is 0 Å². The molecular formula is C12H7BrClN3O2S3. The summed E-state index contributed by atoms with van der Waals surface area (Å²) in [6, 6.07) is 10.9. The predicted molar refractivity (Wildman–Crippen MR) is 93.2 cm³/mol. The van der Waals surface area contributed by atoms with Gasteiger partial charge in [0.2, 0.25) is 5.13 Å². The number of aromatic nitrogens is 2. The lowest BCUT2D eigenvalue weighted by Crippen LogP contribution is -2.11. The summed E-state index contributed by atoms with van der Waals surface area (Å²) < 4.78 is 28.0. The number of sulfonamides is 1. The van der Waals surface area contributed by atoms with Gasteiger partial charge in [-0.2, -0.15) is 0 Å². The van der Waals surface area contributed by atoms with E-state index in [4.69, 9.17) is 11.6 Å². The topological polar surface area (TPSA) is 72.0 Å². The van der Waals surface area contributed by atoms with Crippen molar-refractivity contribution < 1.29 is 8.42 Å². The van der Waals surface area contributed by atoms with Gasteiger partial charge < -0.3 is 0 Å². The Balaban J connectivity index is 1.86. The maximum atomic E-state index is 12.3. The van der Waals surface area contributed by atoms with Gasteiger partial charge in [0, 0.05) is 10.0 Å². The Morgan fingerprint density at radius 1 is 1.14 bits per heavy atom. The average molecular weight is 437 g/mol. The van der Waals surface area contributed by atoms with Crippen molar-refractivity contribution in [2.75, 3.05) is 4.72 Å². The highest BCUT2D eigenvalue weighted by molar-refractivity contribution is 9.10. The Morgan fingerprint density at radius 3 is 2.50 bits per heavy atom. The summed E-state index contributed by atoms with van der Waals surface area (Å²) in [5, 5.41) is 8.72. The smallest absolute Gasteiger partial charge is 0.252 e. The van der Waals surface area contributed by atoms with E-state index in [9.17, 15) is 8.42 Å². The van der Waals surface area contributed by atoms with E-state index in [0.717, 1.165) is 16.9 Å². The van der Waals surface area contributed by atoms with Crippen LogP contribution in [0, 0.1) is 0 Å². The zero-order valence-electron chi connectivity index (χ0n) is 10.7. The molecule has 0 amide bonds. The fraction of sp³-hybridized carbons (Fsp3) is 0. The lowest BCUT2D eigenvalue weighted by molar-refractivity contribution is 0.603. The van der Waals surface area contributed by atoms with Gasteiger partial charge in [-0.05, 0) is 22.0 Å². The molecule has 3 rings (SSSR count). The van der Waals surface area contributed by atoms with Gasteiger partial charge in [0.15, 0.2) is 0 Å². The molecule has 3 aromatic rings. The summed E-state index contributed by atoms with van der Waals surface area (Å²) >= 11 is 11.2. The van der Waals surface area contributed by atoms with E-state index in [0.29, 0.717) is 13.8 Å². The summed E-state index contributed by atoms with van der Waals surface area (Å²) in [5.74, 6) is 0. The Kier molecular flexibility index (Phi) is 4.51. The quantitative estimate of drug-likeness (QED) is 0.654. The highest BCUT2D eigenvalue weighted by Crippen LogP contribution is 2.36. The number of hydrogen-bond acceptors (Lipinski definition) is 6. The second kappa shape index (κ2) is 6.25. The van der Waals surface area contributed by atoms with E-state index >= 15 is 0 Å².